The quantitative estimate of drug-likeness (QED) is 0.157. The summed E-state index contributed by atoms with van der Waals surface area (Å²) >= 11 is 1.49. The van der Waals surface area contributed by atoms with E-state index < -0.39 is 0 Å². The number of anilines is 3. The maximum absolute atomic E-state index is 11.8. The molecule has 30 heavy (non-hydrogen) atoms. The van der Waals surface area contributed by atoms with Gasteiger partial charge < -0.3 is 15.4 Å². The van der Waals surface area contributed by atoms with E-state index in [-0.39, 0.29) is 5.56 Å². The number of aromatic nitrogens is 6. The van der Waals surface area contributed by atoms with Crippen molar-refractivity contribution in [2.75, 3.05) is 30.9 Å². The molecule has 0 amide bonds. The van der Waals surface area contributed by atoms with E-state index in [1.807, 2.05) is 37.3 Å². The minimum absolute atomic E-state index is 0.127. The Hall–Kier alpha value is -3.31. The number of fused-ring (bicyclic) bond motifs is 1. The lowest BCUT2D eigenvalue weighted by molar-refractivity contribution is 0.210. The van der Waals surface area contributed by atoms with Gasteiger partial charge in [0.1, 0.15) is 11.6 Å². The molecule has 0 fully saturated rings. The van der Waals surface area contributed by atoms with Gasteiger partial charge in [0.25, 0.3) is 5.56 Å². The highest BCUT2D eigenvalue weighted by molar-refractivity contribution is 7.98. The Bertz CT molecular complexity index is 1200. The second-order valence-electron chi connectivity index (χ2n) is 6.65. The first kappa shape index (κ1) is 20.0. The maximum Gasteiger partial charge on any atom is 0.271 e. The number of thioether (sulfide) groups is 1. The van der Waals surface area contributed by atoms with E-state index in [0.717, 1.165) is 16.8 Å². The van der Waals surface area contributed by atoms with Crippen molar-refractivity contribution in [3.63, 3.8) is 0 Å². The molecule has 11 heteroatoms. The van der Waals surface area contributed by atoms with Gasteiger partial charge in [-0.1, -0.05) is 17.8 Å². The highest BCUT2D eigenvalue weighted by Gasteiger charge is 2.09. The third-order valence-corrected chi connectivity index (χ3v) is 5.21. The van der Waals surface area contributed by atoms with E-state index in [9.17, 15) is 4.79 Å². The molecular formula is C19H22N8O2S. The van der Waals surface area contributed by atoms with E-state index in [2.05, 4.69) is 41.0 Å². The third-order valence-electron chi connectivity index (χ3n) is 4.29. The molecule has 3 heterocycles. The Morgan fingerprint density at radius 2 is 1.97 bits per heavy atom. The van der Waals surface area contributed by atoms with Gasteiger partial charge in [-0.15, -0.1) is 0 Å². The summed E-state index contributed by atoms with van der Waals surface area (Å²) in [6.45, 7) is 3.13. The average Bonchev–Trinajstić information content (AvgIpc) is 3.32. The molecule has 0 aliphatic rings. The van der Waals surface area contributed by atoms with Crippen LogP contribution in [0.3, 0.4) is 0 Å². The van der Waals surface area contributed by atoms with Crippen molar-refractivity contribution in [1.82, 2.24) is 30.4 Å². The van der Waals surface area contributed by atoms with Crippen molar-refractivity contribution >= 4 is 40.1 Å². The number of H-pyrrole nitrogens is 3. The van der Waals surface area contributed by atoms with Gasteiger partial charge in [-0.3, -0.25) is 20.1 Å². The fraction of sp³-hybridized carbons (Fsp3) is 0.263. The number of aromatic amines is 3. The van der Waals surface area contributed by atoms with E-state index in [0.29, 0.717) is 46.9 Å². The normalized spacial score (nSPS) is 11.1. The number of hydrogen-bond acceptors (Lipinski definition) is 8. The van der Waals surface area contributed by atoms with Gasteiger partial charge in [-0.2, -0.15) is 5.10 Å². The van der Waals surface area contributed by atoms with Crippen LogP contribution < -0.4 is 16.2 Å². The molecule has 3 aromatic heterocycles. The minimum atomic E-state index is -0.127. The maximum atomic E-state index is 11.8. The predicted octanol–water partition coefficient (Wildman–Crippen LogP) is 2.77. The fourth-order valence-corrected chi connectivity index (χ4v) is 3.66. The number of nitrogens with zero attached hydrogens (tertiary/aromatic N) is 3. The molecule has 5 N–H and O–H groups in total. The van der Waals surface area contributed by atoms with Crippen LogP contribution in [0.4, 0.5) is 17.5 Å². The summed E-state index contributed by atoms with van der Waals surface area (Å²) in [7, 11) is 1.65. The Morgan fingerprint density at radius 3 is 2.77 bits per heavy atom. The minimum Gasteiger partial charge on any atom is -0.383 e. The topological polar surface area (TPSA) is 136 Å². The average molecular weight is 427 g/mol. The van der Waals surface area contributed by atoms with E-state index >= 15 is 0 Å². The second-order valence-corrected chi connectivity index (χ2v) is 7.59. The van der Waals surface area contributed by atoms with Gasteiger partial charge in [0.2, 0.25) is 0 Å². The predicted molar refractivity (Wildman–Crippen MR) is 117 cm³/mol. The molecule has 4 aromatic rings. The van der Waals surface area contributed by atoms with Gasteiger partial charge in [0, 0.05) is 37.2 Å². The van der Waals surface area contributed by atoms with Crippen LogP contribution in [0.2, 0.25) is 0 Å². The highest BCUT2D eigenvalue weighted by Crippen LogP contribution is 2.25. The van der Waals surface area contributed by atoms with Crippen molar-refractivity contribution in [3.05, 3.63) is 51.9 Å². The number of nitrogens with one attached hydrogen (secondary N) is 5. The van der Waals surface area contributed by atoms with Gasteiger partial charge >= 0.3 is 0 Å². The third kappa shape index (κ3) is 4.81. The number of benzene rings is 1. The Morgan fingerprint density at radius 1 is 1.10 bits per heavy atom. The van der Waals surface area contributed by atoms with Gasteiger partial charge in [0.05, 0.1) is 17.5 Å². The molecule has 0 aliphatic carbocycles. The van der Waals surface area contributed by atoms with E-state index in [1.54, 1.807) is 7.11 Å². The van der Waals surface area contributed by atoms with Crippen LogP contribution in [-0.4, -0.2) is 50.6 Å². The molecule has 10 nitrogen and oxygen atoms in total. The van der Waals surface area contributed by atoms with Crippen LogP contribution in [0, 0.1) is 6.92 Å². The van der Waals surface area contributed by atoms with Crippen molar-refractivity contribution in [2.24, 2.45) is 0 Å². The van der Waals surface area contributed by atoms with Crippen molar-refractivity contribution in [2.45, 2.75) is 17.8 Å². The van der Waals surface area contributed by atoms with Crippen molar-refractivity contribution in [1.29, 1.82) is 0 Å². The summed E-state index contributed by atoms with van der Waals surface area (Å²) in [6.07, 6.45) is 0. The summed E-state index contributed by atoms with van der Waals surface area (Å²) in [5.74, 6) is 2.64. The van der Waals surface area contributed by atoms with Crippen molar-refractivity contribution < 1.29 is 4.74 Å². The smallest absolute Gasteiger partial charge is 0.271 e. The molecule has 1 aromatic carbocycles. The molecule has 0 unspecified atom stereocenters. The zero-order valence-electron chi connectivity index (χ0n) is 16.6. The van der Waals surface area contributed by atoms with Crippen LogP contribution in [0.25, 0.3) is 10.9 Å². The lowest BCUT2D eigenvalue weighted by Crippen LogP contribution is -2.10. The van der Waals surface area contributed by atoms with Crippen LogP contribution >= 0.6 is 11.8 Å². The first-order chi connectivity index (χ1) is 14.6. The molecule has 156 valence electrons. The Kier molecular flexibility index (Phi) is 6.00. The van der Waals surface area contributed by atoms with Gasteiger partial charge in [-0.25, -0.2) is 9.97 Å². The first-order valence-corrected chi connectivity index (χ1v) is 10.3. The largest absolute Gasteiger partial charge is 0.383 e. The standard InChI is InChI=1S/C19H22N8O2S/c1-11-7-17(26-24-11)21-16-9-15(20-5-6-29-2)22-19(23-16)30-10-12-3-4-14-13(8-12)18(28)27-25-14/h3-4,7-9H,5-6,10H2,1-2H3,(H2,25,27,28)(H3,20,21,22,23,24,26). The number of ether oxygens (including phenoxy) is 1. The van der Waals surface area contributed by atoms with Crippen LogP contribution in [0.1, 0.15) is 11.3 Å². The molecule has 0 saturated heterocycles. The van der Waals surface area contributed by atoms with E-state index in [4.69, 9.17) is 4.74 Å². The fourth-order valence-electron chi connectivity index (χ4n) is 2.86. The Labute approximate surface area is 176 Å². The summed E-state index contributed by atoms with van der Waals surface area (Å²) < 4.78 is 5.09. The number of aryl methyl sites for hydroxylation is 1. The van der Waals surface area contributed by atoms with Gasteiger partial charge in [-0.05, 0) is 24.6 Å². The molecule has 0 spiro atoms. The molecule has 4 rings (SSSR count). The number of hydrogen-bond donors (Lipinski definition) is 5. The first-order valence-electron chi connectivity index (χ1n) is 9.34. The van der Waals surface area contributed by atoms with E-state index in [1.165, 1.54) is 11.8 Å². The van der Waals surface area contributed by atoms with Crippen LogP contribution in [0.15, 0.2) is 40.3 Å². The summed E-state index contributed by atoms with van der Waals surface area (Å²) in [5.41, 5.74) is 2.62. The molecule has 0 radical (unpaired) electrons. The molecule has 0 aliphatic heterocycles. The summed E-state index contributed by atoms with van der Waals surface area (Å²) in [4.78, 5) is 21.0. The zero-order valence-corrected chi connectivity index (χ0v) is 17.4. The zero-order chi connectivity index (χ0) is 20.9. The summed E-state index contributed by atoms with van der Waals surface area (Å²) in [5, 5.41) is 20.2. The molecule has 0 atom stereocenters. The van der Waals surface area contributed by atoms with Crippen molar-refractivity contribution in [3.8, 4) is 0 Å². The van der Waals surface area contributed by atoms with Crippen LogP contribution in [0.5, 0.6) is 0 Å². The number of rotatable bonds is 9. The summed E-state index contributed by atoms with van der Waals surface area (Å²) in [6, 6.07) is 9.47. The monoisotopic (exact) mass is 426 g/mol. The van der Waals surface area contributed by atoms with Crippen LogP contribution in [-0.2, 0) is 10.5 Å². The molecule has 0 bridgehead atoms. The Balaban J connectivity index is 1.53. The lowest BCUT2D eigenvalue weighted by atomic mass is 10.2. The number of methoxy groups -OCH3 is 1. The highest BCUT2D eigenvalue weighted by atomic mass is 32.2. The second kappa shape index (κ2) is 9.01. The lowest BCUT2D eigenvalue weighted by Gasteiger charge is -2.10. The van der Waals surface area contributed by atoms with Gasteiger partial charge in [0.15, 0.2) is 11.0 Å². The molecule has 0 saturated carbocycles. The SMILES string of the molecule is COCCNc1cc(Nc2cc(C)[nH]n2)nc(SCc2ccc3[nH][nH]c(=O)c3c2)n1. The molecular weight excluding hydrogens is 404 g/mol.